The number of allylic oxidation sites excluding steroid dienone is 1. The first-order valence-corrected chi connectivity index (χ1v) is 14.5. The quantitative estimate of drug-likeness (QED) is 0.215. The van der Waals surface area contributed by atoms with Crippen molar-refractivity contribution in [1.29, 1.82) is 0 Å². The number of rotatable bonds is 7. The minimum Gasteiger partial charge on any atom is -0.490 e. The molecule has 0 amide bonds. The van der Waals surface area contributed by atoms with Crippen molar-refractivity contribution >= 4 is 39.1 Å². The summed E-state index contributed by atoms with van der Waals surface area (Å²) in [6, 6.07) is 12.4. The molecule has 5 nitrogen and oxygen atoms in total. The molecule has 2 atom stereocenters. The second-order valence-corrected chi connectivity index (χ2v) is 13.2. The van der Waals surface area contributed by atoms with E-state index in [-0.39, 0.29) is 34.7 Å². The summed E-state index contributed by atoms with van der Waals surface area (Å²) in [5.74, 6) is -1.48. The standard InChI is InChI=1S/C30H27ClF4O5S/c1-17(27-23(31)8-5-9-24(27)32)12-18-10-11-25-22(13-18)26(15-20(40-25)16-29(2,3)28(36)37)41(38,39)21-7-4-6-19(14-21)30(33,34)35/h4-14,20,26H,15-16H2,1-3H3,(H,36,37)/b17-12+. The van der Waals surface area contributed by atoms with E-state index in [0.717, 1.165) is 18.2 Å². The SMILES string of the molecule is C/C(=C\c1ccc2c(c1)C(S(=O)(=O)c1cccc(C(F)(F)F)c1)CC(CC(C)(C)C(=O)O)O2)c1c(F)cccc1Cl. The highest BCUT2D eigenvalue weighted by Gasteiger charge is 2.42. The van der Waals surface area contributed by atoms with Gasteiger partial charge in [-0.1, -0.05) is 35.9 Å². The number of carbonyl (C=O) groups is 1. The van der Waals surface area contributed by atoms with Crippen LogP contribution in [0.2, 0.25) is 5.02 Å². The molecule has 0 saturated heterocycles. The summed E-state index contributed by atoms with van der Waals surface area (Å²) in [6.07, 6.45) is -4.22. The summed E-state index contributed by atoms with van der Waals surface area (Å²) in [5.41, 5.74) is -1.05. The number of sulfone groups is 1. The van der Waals surface area contributed by atoms with Crippen LogP contribution in [0.1, 0.15) is 61.1 Å². The molecule has 218 valence electrons. The highest BCUT2D eigenvalue weighted by molar-refractivity contribution is 7.91. The van der Waals surface area contributed by atoms with Crippen LogP contribution in [0.3, 0.4) is 0 Å². The van der Waals surface area contributed by atoms with Crippen LogP contribution in [0.25, 0.3) is 11.6 Å². The third-order valence-corrected chi connectivity index (χ3v) is 9.49. The van der Waals surface area contributed by atoms with Gasteiger partial charge in [-0.05, 0) is 80.8 Å². The third kappa shape index (κ3) is 6.43. The van der Waals surface area contributed by atoms with Crippen molar-refractivity contribution in [3.8, 4) is 5.75 Å². The molecular formula is C30H27ClF4O5S. The summed E-state index contributed by atoms with van der Waals surface area (Å²) in [6.45, 7) is 4.60. The normalized spacial score (nSPS) is 18.0. The van der Waals surface area contributed by atoms with Gasteiger partial charge in [-0.2, -0.15) is 13.2 Å². The maximum atomic E-state index is 14.5. The first-order chi connectivity index (χ1) is 19.0. The maximum Gasteiger partial charge on any atom is 0.416 e. The molecule has 4 rings (SSSR count). The average molecular weight is 611 g/mol. The Morgan fingerprint density at radius 1 is 1.10 bits per heavy atom. The highest BCUT2D eigenvalue weighted by Crippen LogP contribution is 2.46. The fraction of sp³-hybridized carbons (Fsp3) is 0.300. The van der Waals surface area contributed by atoms with Gasteiger partial charge in [-0.15, -0.1) is 0 Å². The van der Waals surface area contributed by atoms with Crippen LogP contribution in [0.4, 0.5) is 17.6 Å². The number of benzene rings is 3. The Labute approximate surface area is 240 Å². The number of halogens is 5. The van der Waals surface area contributed by atoms with Crippen LogP contribution in [-0.2, 0) is 20.8 Å². The van der Waals surface area contributed by atoms with Gasteiger partial charge in [0.1, 0.15) is 17.7 Å². The molecule has 2 unspecified atom stereocenters. The van der Waals surface area contributed by atoms with Gasteiger partial charge in [0.15, 0.2) is 9.84 Å². The lowest BCUT2D eigenvalue weighted by Crippen LogP contribution is -2.36. The van der Waals surface area contributed by atoms with E-state index in [0.29, 0.717) is 17.2 Å². The lowest BCUT2D eigenvalue weighted by molar-refractivity contribution is -0.148. The number of fused-ring (bicyclic) bond motifs is 1. The van der Waals surface area contributed by atoms with E-state index in [2.05, 4.69) is 0 Å². The van der Waals surface area contributed by atoms with Gasteiger partial charge in [-0.3, -0.25) is 4.79 Å². The van der Waals surface area contributed by atoms with Gasteiger partial charge < -0.3 is 9.84 Å². The Morgan fingerprint density at radius 3 is 2.41 bits per heavy atom. The second-order valence-electron chi connectivity index (χ2n) is 10.6. The monoisotopic (exact) mass is 610 g/mol. The Morgan fingerprint density at radius 2 is 1.78 bits per heavy atom. The van der Waals surface area contributed by atoms with Gasteiger partial charge in [0.05, 0.1) is 26.1 Å². The summed E-state index contributed by atoms with van der Waals surface area (Å²) < 4.78 is 88.6. The topological polar surface area (TPSA) is 80.7 Å². The molecule has 0 saturated carbocycles. The molecule has 3 aromatic rings. The fourth-order valence-electron chi connectivity index (χ4n) is 4.89. The molecule has 41 heavy (non-hydrogen) atoms. The van der Waals surface area contributed by atoms with Crippen molar-refractivity contribution in [3.63, 3.8) is 0 Å². The molecule has 0 aliphatic carbocycles. The van der Waals surface area contributed by atoms with Gasteiger partial charge in [0.2, 0.25) is 0 Å². The molecule has 1 heterocycles. The molecule has 1 aliphatic heterocycles. The number of ether oxygens (including phenoxy) is 1. The third-order valence-electron chi connectivity index (χ3n) is 7.07. The van der Waals surface area contributed by atoms with Crippen LogP contribution in [0.15, 0.2) is 65.6 Å². The van der Waals surface area contributed by atoms with E-state index in [4.69, 9.17) is 16.3 Å². The van der Waals surface area contributed by atoms with Crippen molar-refractivity contribution in [2.45, 2.75) is 56.0 Å². The van der Waals surface area contributed by atoms with Gasteiger partial charge in [0.25, 0.3) is 0 Å². The largest absolute Gasteiger partial charge is 0.490 e. The van der Waals surface area contributed by atoms with Crippen molar-refractivity contribution in [2.75, 3.05) is 0 Å². The van der Waals surface area contributed by atoms with E-state index in [1.165, 1.54) is 44.2 Å². The minimum absolute atomic E-state index is 0.0388. The molecule has 1 N–H and O–H groups in total. The predicted octanol–water partition coefficient (Wildman–Crippen LogP) is 8.23. The zero-order valence-electron chi connectivity index (χ0n) is 22.3. The first kappa shape index (κ1) is 30.6. The summed E-state index contributed by atoms with van der Waals surface area (Å²) >= 11 is 6.19. The predicted molar refractivity (Wildman–Crippen MR) is 148 cm³/mol. The maximum absolute atomic E-state index is 14.5. The van der Waals surface area contributed by atoms with Crippen molar-refractivity contribution in [1.82, 2.24) is 0 Å². The number of hydrogen-bond acceptors (Lipinski definition) is 4. The van der Waals surface area contributed by atoms with Crippen molar-refractivity contribution in [3.05, 3.63) is 93.8 Å². The molecule has 11 heteroatoms. The van der Waals surface area contributed by atoms with E-state index < -0.39 is 55.0 Å². The van der Waals surface area contributed by atoms with Gasteiger partial charge in [-0.25, -0.2) is 12.8 Å². The summed E-state index contributed by atoms with van der Waals surface area (Å²) in [7, 11) is -4.41. The molecular weight excluding hydrogens is 584 g/mol. The Bertz CT molecular complexity index is 1610. The highest BCUT2D eigenvalue weighted by atomic mass is 35.5. The first-order valence-electron chi connectivity index (χ1n) is 12.6. The molecule has 0 fully saturated rings. The van der Waals surface area contributed by atoms with E-state index >= 15 is 0 Å². The van der Waals surface area contributed by atoms with Crippen LogP contribution >= 0.6 is 11.6 Å². The molecule has 0 bridgehead atoms. The van der Waals surface area contributed by atoms with Gasteiger partial charge in [0, 0.05) is 17.5 Å². The van der Waals surface area contributed by atoms with Crippen LogP contribution in [0.5, 0.6) is 5.75 Å². The smallest absolute Gasteiger partial charge is 0.416 e. The van der Waals surface area contributed by atoms with E-state index in [1.807, 2.05) is 0 Å². The Balaban J connectivity index is 1.83. The molecule has 0 radical (unpaired) electrons. The number of hydrogen-bond donors (Lipinski definition) is 1. The lowest BCUT2D eigenvalue weighted by atomic mass is 9.84. The van der Waals surface area contributed by atoms with Crippen molar-refractivity contribution in [2.24, 2.45) is 5.41 Å². The van der Waals surface area contributed by atoms with E-state index in [9.17, 15) is 35.9 Å². The van der Waals surface area contributed by atoms with Crippen molar-refractivity contribution < 1.29 is 40.6 Å². The lowest BCUT2D eigenvalue weighted by Gasteiger charge is -2.35. The number of carboxylic acid groups (broad SMARTS) is 1. The van der Waals surface area contributed by atoms with E-state index in [1.54, 1.807) is 19.1 Å². The zero-order valence-corrected chi connectivity index (χ0v) is 23.9. The molecule has 0 aromatic heterocycles. The van der Waals surface area contributed by atoms with Crippen LogP contribution in [-0.4, -0.2) is 25.6 Å². The Hall–Kier alpha value is -3.37. The van der Waals surface area contributed by atoms with Crippen LogP contribution in [0, 0.1) is 11.2 Å². The summed E-state index contributed by atoms with van der Waals surface area (Å²) in [4.78, 5) is 11.2. The molecule has 0 spiro atoms. The summed E-state index contributed by atoms with van der Waals surface area (Å²) in [5, 5.41) is 8.46. The zero-order chi connectivity index (χ0) is 30.3. The second kappa shape index (κ2) is 11.1. The average Bonchev–Trinajstić information content (AvgIpc) is 2.87. The van der Waals surface area contributed by atoms with Crippen LogP contribution < -0.4 is 4.74 Å². The number of carboxylic acids is 1. The number of alkyl halides is 3. The number of aliphatic carboxylic acids is 1. The molecule has 3 aromatic carbocycles. The molecule has 1 aliphatic rings. The minimum atomic E-state index is -4.75. The fourth-order valence-corrected chi connectivity index (χ4v) is 7.08. The van der Waals surface area contributed by atoms with Gasteiger partial charge >= 0.3 is 12.1 Å². The Kier molecular flexibility index (Phi) is 8.30.